The molecule has 0 saturated carbocycles. The predicted octanol–water partition coefficient (Wildman–Crippen LogP) is 3.10. The van der Waals surface area contributed by atoms with E-state index in [4.69, 9.17) is 58.6 Å². The molecular formula is C60H42Ba3Fe2N6O30S6+6. The van der Waals surface area contributed by atoms with Gasteiger partial charge in [-0.25, -0.2) is 0 Å². The molecule has 0 radical (unpaired) electrons. The number of allylic oxidation sites excluding steroid dienone is 6. The summed E-state index contributed by atoms with van der Waals surface area (Å²) >= 11 is 0. The topological polar surface area (TPSA) is 624 Å². The van der Waals surface area contributed by atoms with Crippen molar-refractivity contribution >= 4 is 313 Å². The van der Waals surface area contributed by atoms with Gasteiger partial charge in [-0.15, -0.1) is 0 Å². The molecule has 6 aliphatic carbocycles. The van der Waals surface area contributed by atoms with Gasteiger partial charge < -0.3 is 31.2 Å². The average molecular weight is 2040 g/mol. The van der Waals surface area contributed by atoms with Crippen molar-refractivity contribution in [1.82, 2.24) is 0 Å². The summed E-state index contributed by atoms with van der Waals surface area (Å²) in [6.45, 7) is 0. The molecule has 0 spiro atoms. The zero-order valence-corrected chi connectivity index (χ0v) is 73.4. The van der Waals surface area contributed by atoms with E-state index in [-0.39, 0.29) is 244 Å². The SMILES string of the molecule is O=C1C=Cc2cc(S(=O)(=O)O)ccc2C1=NO.O=C1C=Cc2cc(S(=O)(=O)O)ccc2C1=NO.O=C1C=Cc2cc(S(=O)(=O)O)ccc2C1=NO.O=C1C=Cc2cc(S(=O)(=O)O)ccc2C1=NO.O=C1C=Cc2cc(S(=O)(=O)O)ccc2C1=NO.O=C1C=Cc2cc(S(=O)(=O)O)ccc2C1=NO.[Ba+2].[Ba+2].[Ba+2].[Fe].[Fe]. The third-order valence-electron chi connectivity index (χ3n) is 13.9. The Balaban J connectivity index is 0.000000432. The van der Waals surface area contributed by atoms with Gasteiger partial charge in [0.25, 0.3) is 60.7 Å². The second kappa shape index (κ2) is 40.1. The summed E-state index contributed by atoms with van der Waals surface area (Å²) in [5.74, 6) is -2.84. The number of hydrogen-bond donors (Lipinski definition) is 12. The quantitative estimate of drug-likeness (QED) is 0.0493. The number of benzene rings is 6. The van der Waals surface area contributed by atoms with Crippen LogP contribution in [-0.4, -0.2) is 325 Å². The largest absolute Gasteiger partial charge is 2.00 e. The van der Waals surface area contributed by atoms with Gasteiger partial charge in [0.15, 0.2) is 34.3 Å². The molecule has 0 bridgehead atoms. The van der Waals surface area contributed by atoms with E-state index in [2.05, 4.69) is 30.9 Å². The van der Waals surface area contributed by atoms with Gasteiger partial charge in [-0.05, 0) is 143 Å². The first-order valence-corrected chi connectivity index (χ1v) is 35.6. The Morgan fingerprint density at radius 3 is 0.411 bits per heavy atom. The van der Waals surface area contributed by atoms with Crippen LogP contribution in [0.5, 0.6) is 0 Å². The van der Waals surface area contributed by atoms with Crippen LogP contribution in [0, 0.1) is 0 Å². The third-order valence-corrected chi connectivity index (χ3v) is 19.0. The average Bonchev–Trinajstić information content (AvgIpc) is 0.828. The van der Waals surface area contributed by atoms with Crippen LogP contribution in [-0.2, 0) is 124 Å². The van der Waals surface area contributed by atoms with Crippen molar-refractivity contribution in [2.75, 3.05) is 0 Å². The maximum atomic E-state index is 11.3. The fourth-order valence-electron chi connectivity index (χ4n) is 9.21. The number of carbonyl (C=O) groups is 6. The van der Waals surface area contributed by atoms with Crippen LogP contribution in [0.1, 0.15) is 66.8 Å². The van der Waals surface area contributed by atoms with Gasteiger partial charge in [-0.2, -0.15) is 50.5 Å². The summed E-state index contributed by atoms with van der Waals surface area (Å²) in [6, 6.07) is 21.7. The molecule has 0 atom stereocenters. The van der Waals surface area contributed by atoms with Crippen molar-refractivity contribution < 1.29 is 172 Å². The van der Waals surface area contributed by atoms with Crippen LogP contribution in [0.25, 0.3) is 36.5 Å². The Kier molecular flexibility index (Phi) is 36.4. The van der Waals surface area contributed by atoms with Gasteiger partial charge in [-0.3, -0.25) is 56.1 Å². The fraction of sp³-hybridized carbons (Fsp3) is 0. The third kappa shape index (κ3) is 24.4. The maximum Gasteiger partial charge on any atom is 2.00 e. The normalized spacial score (nSPS) is 16.4. The minimum absolute atomic E-state index is 0. The first-order chi connectivity index (χ1) is 47.6. The fourth-order valence-corrected chi connectivity index (χ4v) is 12.3. The molecule has 6 aromatic carbocycles. The van der Waals surface area contributed by atoms with Crippen LogP contribution >= 0.6 is 0 Å². The van der Waals surface area contributed by atoms with Gasteiger partial charge in [-0.1, -0.05) is 104 Å². The van der Waals surface area contributed by atoms with Crippen LogP contribution in [0.2, 0.25) is 0 Å². The molecule has 0 fully saturated rings. The first-order valence-electron chi connectivity index (χ1n) is 27.0. The van der Waals surface area contributed by atoms with Crippen molar-refractivity contribution in [3.63, 3.8) is 0 Å². The molecule has 0 heterocycles. The molecular weight excluding hydrogens is 2000 g/mol. The Labute approximate surface area is 746 Å². The molecule has 6 aliphatic rings. The van der Waals surface area contributed by atoms with Crippen LogP contribution in [0.15, 0.2) is 206 Å². The molecule has 0 amide bonds. The smallest absolute Gasteiger partial charge is 0.410 e. The summed E-state index contributed by atoms with van der Waals surface area (Å²) in [5, 5.41) is 69.4. The van der Waals surface area contributed by atoms with Crippen LogP contribution in [0.4, 0.5) is 0 Å². The number of oxime groups is 6. The number of hydrogen-bond acceptors (Lipinski definition) is 30. The maximum absolute atomic E-state index is 11.3. The Bertz CT molecular complexity index is 4890. The Hall–Kier alpha value is -6.19. The van der Waals surface area contributed by atoms with Gasteiger partial charge >= 0.3 is 147 Å². The molecule has 0 aromatic heterocycles. The number of ketones is 6. The summed E-state index contributed by atoms with van der Waals surface area (Å²) in [7, 11) is -25.8. The number of fused-ring (bicyclic) bond motifs is 6. The Morgan fingerprint density at radius 1 is 0.206 bits per heavy atom. The zero-order valence-electron chi connectivity index (χ0n) is 53.0. The molecule has 12 N–H and O–H groups in total. The van der Waals surface area contributed by atoms with E-state index >= 15 is 0 Å². The second-order valence-electron chi connectivity index (χ2n) is 20.2. The molecule has 0 aliphatic heterocycles. The van der Waals surface area contributed by atoms with Gasteiger partial charge in [0, 0.05) is 67.5 Å². The van der Waals surface area contributed by atoms with Crippen molar-refractivity contribution in [3.8, 4) is 0 Å². The predicted molar refractivity (Wildman–Crippen MR) is 369 cm³/mol. The van der Waals surface area contributed by atoms with Crippen molar-refractivity contribution in [2.45, 2.75) is 29.4 Å². The number of carbonyl (C=O) groups excluding carboxylic acids is 6. The molecule has 47 heteroatoms. The molecule has 0 saturated heterocycles. The van der Waals surface area contributed by atoms with E-state index in [1.807, 2.05) is 0 Å². The minimum atomic E-state index is -4.30. The molecule has 107 heavy (non-hydrogen) atoms. The summed E-state index contributed by atoms with van der Waals surface area (Å²) in [5.41, 5.74) is 3.19. The van der Waals surface area contributed by atoms with Gasteiger partial charge in [0.05, 0.1) is 29.4 Å². The van der Waals surface area contributed by atoms with E-state index in [0.717, 1.165) is 72.9 Å². The second-order valence-corrected chi connectivity index (χ2v) is 28.8. The van der Waals surface area contributed by atoms with Crippen molar-refractivity contribution in [1.29, 1.82) is 0 Å². The molecule has 36 nitrogen and oxygen atoms in total. The van der Waals surface area contributed by atoms with E-state index in [1.54, 1.807) is 0 Å². The standard InChI is InChI=1S/6C10H7NO5S.3Ba.2Fe/c6*12-9-4-1-6-5-7(17(14,15)16)2-3-8(6)10(9)11-13;;;;;/h6*1-5,13H,(H,14,15,16);;;;;/q;;;;;;3*+2;;. The first kappa shape index (κ1) is 96.9. The van der Waals surface area contributed by atoms with Crippen LogP contribution in [0.3, 0.4) is 0 Å². The molecule has 6 aromatic rings. The number of rotatable bonds is 6. The Morgan fingerprint density at radius 2 is 0.318 bits per heavy atom. The van der Waals surface area contributed by atoms with E-state index < -0.39 is 95.4 Å². The van der Waals surface area contributed by atoms with Crippen LogP contribution < -0.4 is 0 Å². The van der Waals surface area contributed by atoms with E-state index in [0.29, 0.717) is 66.8 Å². The minimum Gasteiger partial charge on any atom is -0.410 e. The summed E-state index contributed by atoms with van der Waals surface area (Å²) < 4.78 is 184. The summed E-state index contributed by atoms with van der Waals surface area (Å²) in [6.07, 6.45) is 15.3. The molecule has 12 rings (SSSR count). The van der Waals surface area contributed by atoms with E-state index in [1.165, 1.54) is 109 Å². The van der Waals surface area contributed by atoms with Gasteiger partial charge in [0.2, 0.25) is 34.7 Å². The number of nitrogens with zero attached hydrogens (tertiary/aromatic N) is 6. The van der Waals surface area contributed by atoms with Crippen molar-refractivity contribution in [2.24, 2.45) is 30.9 Å². The molecule has 544 valence electrons. The zero-order chi connectivity index (χ0) is 75.8. The molecule has 0 unspecified atom stereocenters. The van der Waals surface area contributed by atoms with Crippen molar-refractivity contribution in [3.05, 3.63) is 212 Å². The van der Waals surface area contributed by atoms with E-state index in [9.17, 15) is 79.3 Å². The van der Waals surface area contributed by atoms with Gasteiger partial charge in [0.1, 0.15) is 0 Å². The monoisotopic (exact) mass is 2040 g/mol. The summed E-state index contributed by atoms with van der Waals surface area (Å²) in [4.78, 5) is 66.2.